The van der Waals surface area contributed by atoms with Crippen molar-refractivity contribution < 1.29 is 18.3 Å². The fraction of sp³-hybridized carbons (Fsp3) is 0.0303. The van der Waals surface area contributed by atoms with Gasteiger partial charge in [0.15, 0.2) is 0 Å². The lowest BCUT2D eigenvalue weighted by Gasteiger charge is -2.44. The monoisotopic (exact) mass is 1980 g/mol. The third kappa shape index (κ3) is 13.9. The van der Waals surface area contributed by atoms with Crippen molar-refractivity contribution in [2.45, 2.75) is 27.7 Å². The highest BCUT2D eigenvalue weighted by molar-refractivity contribution is 7.82. The molecule has 8 aliphatic rings. The van der Waals surface area contributed by atoms with Gasteiger partial charge in [0.1, 0.15) is 0 Å². The van der Waals surface area contributed by atoms with E-state index < -0.39 is 29.2 Å². The molecule has 0 aliphatic carbocycles. The van der Waals surface area contributed by atoms with Crippen LogP contribution in [0.3, 0.4) is 0 Å². The predicted octanol–water partition coefficient (Wildman–Crippen LogP) is 31.7. The average molecular weight is 1980 g/mol. The summed E-state index contributed by atoms with van der Waals surface area (Å²) in [7, 11) is -12.6. The Morgan fingerprint density at radius 2 is 0.405 bits per heavy atom. The maximum atomic E-state index is 15.5. The van der Waals surface area contributed by atoms with Gasteiger partial charge in [-0.1, -0.05) is 291 Å². The highest BCUT2D eigenvalue weighted by atomic mass is 31.2. The van der Waals surface area contributed by atoms with Crippen LogP contribution in [-0.4, -0.2) is 19.9 Å². The zero-order valence-electron chi connectivity index (χ0n) is 81.2. The van der Waals surface area contributed by atoms with Crippen LogP contribution in [0.1, 0.15) is 22.4 Å². The summed E-state index contributed by atoms with van der Waals surface area (Å²) in [6, 6.07) is 153. The number of benzene rings is 18. The lowest BCUT2D eigenvalue weighted by Crippen LogP contribution is -2.37. The summed E-state index contributed by atoms with van der Waals surface area (Å²) in [5.41, 5.74) is 43.2. The van der Waals surface area contributed by atoms with E-state index in [2.05, 4.69) is 320 Å². The Kier molecular flexibility index (Phi) is 21.3. The molecule has 0 fully saturated rings. The molecule has 4 unspecified atom stereocenters. The number of aromatic nitrogens is 4. The van der Waals surface area contributed by atoms with Gasteiger partial charge in [0.25, 0.3) is 0 Å². The Bertz CT molecular complexity index is 9530. The molecule has 16 heteroatoms. The van der Waals surface area contributed by atoms with Gasteiger partial charge in [-0.25, -0.2) is 0 Å². The third-order valence-corrected chi connectivity index (χ3v) is 42.6. The molecule has 4 atom stereocenters. The third-order valence-electron chi connectivity index (χ3n) is 30.3. The number of para-hydroxylation sites is 4. The summed E-state index contributed by atoms with van der Waals surface area (Å²) in [6.07, 6.45) is 13.1. The summed E-state index contributed by atoms with van der Waals surface area (Å²) < 4.78 is 70.0. The highest BCUT2D eigenvalue weighted by Crippen LogP contribution is 2.71. The van der Waals surface area contributed by atoms with E-state index in [0.717, 1.165) is 255 Å². The van der Waals surface area contributed by atoms with E-state index in [-0.39, 0.29) is 0 Å². The maximum Gasteiger partial charge on any atom is 0.235 e. The number of hydrogen-bond donors (Lipinski definition) is 0. The van der Waals surface area contributed by atoms with Crippen LogP contribution in [0, 0.1) is 27.7 Å². The molecule has 704 valence electrons. The second kappa shape index (κ2) is 35.3. The average Bonchev–Trinajstić information content (AvgIpc) is 0.698. The first-order valence-electron chi connectivity index (χ1n) is 49.8. The Labute approximate surface area is 859 Å². The van der Waals surface area contributed by atoms with Crippen LogP contribution in [0.25, 0.3) is 156 Å². The van der Waals surface area contributed by atoms with Gasteiger partial charge in [-0.2, -0.15) is 0 Å². The van der Waals surface area contributed by atoms with Crippen LogP contribution in [0.15, 0.2) is 486 Å². The molecule has 8 aliphatic heterocycles. The first-order valence-corrected chi connectivity index (χ1v) is 56.5. The quantitative estimate of drug-likeness (QED) is 0.147. The Balaban J connectivity index is 0.0000000977. The highest BCUT2D eigenvalue weighted by Gasteiger charge is 2.53. The van der Waals surface area contributed by atoms with Gasteiger partial charge in [0, 0.05) is 153 Å². The van der Waals surface area contributed by atoms with Crippen molar-refractivity contribution in [2.75, 3.05) is 18.7 Å². The van der Waals surface area contributed by atoms with E-state index >= 15 is 18.3 Å². The van der Waals surface area contributed by atoms with Gasteiger partial charge < -0.3 is 0 Å². The summed E-state index contributed by atoms with van der Waals surface area (Å²) in [6.45, 7) is 8.29. The molecule has 4 aromatic heterocycles. The molecule has 0 spiro atoms. The normalized spacial score (nSPS) is 16.7. The van der Waals surface area contributed by atoms with Crippen molar-refractivity contribution in [3.05, 3.63) is 509 Å². The number of anilines is 8. The number of pyridine rings is 4. The first-order chi connectivity index (χ1) is 72.6. The molecule has 0 saturated carbocycles. The Morgan fingerprint density at radius 3 is 0.709 bits per heavy atom. The van der Waals surface area contributed by atoms with Crippen LogP contribution < -0.4 is 61.1 Å². The van der Waals surface area contributed by atoms with Crippen LogP contribution in [-0.2, 0) is 18.3 Å². The minimum Gasteiger partial charge on any atom is -0.289 e. The van der Waals surface area contributed by atoms with Gasteiger partial charge in [0.05, 0.1) is 45.5 Å². The standard InChI is InChI=1S/2C36H25N2OP.2C30H21N2OP/c1-24-20-28(23-37-22-24)26-16-14-25(15-17-26)27-18-19-34-32(21-27)31-10-4-7-13-36(31)40(39)35-12-6-3-9-30(35)29-8-2-5-11-33(29)38(34)40;1-24-20-21-37-23-32(24)26-16-14-25(15-17-26)27-18-19-34-31(22-27)30-10-4-7-13-36(30)40(39)35-12-6-3-9-29(35)28-8-2-5-11-33(28)38(34)40;1-20-18-22(16-17-31-20)21-14-15-28-26(19-21)25-10-4-7-13-30(25)34(33)29-12-6-3-9-24(29)23-8-2-5-11-27(23)32(28)34;1-20-16-17-31-19-26(20)21-14-15-28-25(18-21)24-10-4-7-13-30(24)34(33)29-12-6-3-9-23(29)22-8-2-5-11-27(22)32(28)34/h2*2-23H,1H3;2*2-19H,1H3. The number of nitrogens with zero attached hydrogens (tertiary/aromatic N) is 8. The largest absolute Gasteiger partial charge is 0.289 e. The SMILES string of the molecule is Cc1cc(-c2ccc3c(c2)-c2ccccc2P2(=O)c4ccccc4-c4ccccc4N32)ccn1.Cc1ccncc1-c1ccc(-c2ccc3c(c2)-c2ccccc2P2(=O)c4ccccc4-c4ccccc4N32)cc1.Cc1ccncc1-c1ccc2c(c1)-c1ccccc1P1(=O)c3ccccc3-c3ccccc3N21.Cc1cncc(-c2ccc(-c3ccc4c(c3)-c3ccccc3P3(=O)c5ccccc5-c5ccccc5N43)cc2)c1. The molecule has 12 nitrogen and oxygen atoms in total. The number of aryl methyl sites for hydroxylation is 4. The fourth-order valence-electron chi connectivity index (χ4n) is 23.5. The molecule has 12 heterocycles. The summed E-state index contributed by atoms with van der Waals surface area (Å²) in [5.74, 6) is 0. The molecule has 18 aromatic carbocycles. The molecule has 22 aromatic rings. The molecule has 0 amide bonds. The molecule has 148 heavy (non-hydrogen) atoms. The van der Waals surface area contributed by atoms with Crippen LogP contribution >= 0.6 is 29.2 Å². The van der Waals surface area contributed by atoms with E-state index in [4.69, 9.17) is 0 Å². The van der Waals surface area contributed by atoms with Gasteiger partial charge in [0.2, 0.25) is 29.2 Å². The summed E-state index contributed by atoms with van der Waals surface area (Å²) in [4.78, 5) is 17.4. The van der Waals surface area contributed by atoms with Crippen molar-refractivity contribution in [1.29, 1.82) is 0 Å². The summed E-state index contributed by atoms with van der Waals surface area (Å²) >= 11 is 0. The fourth-order valence-corrected chi connectivity index (χ4v) is 36.6. The van der Waals surface area contributed by atoms with Crippen molar-refractivity contribution >= 4 is 117 Å². The van der Waals surface area contributed by atoms with Gasteiger partial charge in [-0.15, -0.1) is 0 Å². The van der Waals surface area contributed by atoms with Crippen LogP contribution in [0.4, 0.5) is 45.5 Å². The van der Waals surface area contributed by atoms with E-state index in [1.165, 1.54) is 11.1 Å². The van der Waals surface area contributed by atoms with Crippen molar-refractivity contribution in [2.24, 2.45) is 0 Å². The summed E-state index contributed by atoms with van der Waals surface area (Å²) in [5, 5.41) is 7.18. The van der Waals surface area contributed by atoms with E-state index in [9.17, 15) is 0 Å². The Hall–Kier alpha value is -17.3. The van der Waals surface area contributed by atoms with Crippen LogP contribution in [0.5, 0.6) is 0 Å². The van der Waals surface area contributed by atoms with E-state index in [1.54, 1.807) is 0 Å². The van der Waals surface area contributed by atoms with Crippen molar-refractivity contribution in [1.82, 2.24) is 19.9 Å². The molecule has 0 saturated heterocycles. The molecule has 0 bridgehead atoms. The zero-order valence-corrected chi connectivity index (χ0v) is 84.8. The minimum atomic E-state index is -3.17. The maximum absolute atomic E-state index is 15.5. The molecular weight excluding hydrogens is 1890 g/mol. The second-order valence-electron chi connectivity index (χ2n) is 38.7. The molecule has 30 rings (SSSR count). The van der Waals surface area contributed by atoms with Gasteiger partial charge >= 0.3 is 0 Å². The number of hydrogen-bond acceptors (Lipinski definition) is 8. The molecular formula is C132H92N8O4P4. The second-order valence-corrected chi connectivity index (χ2v) is 48.7. The number of rotatable bonds is 6. The predicted molar refractivity (Wildman–Crippen MR) is 614 cm³/mol. The van der Waals surface area contributed by atoms with E-state index in [0.29, 0.717) is 0 Å². The topological polar surface area (TPSA) is 133 Å². The van der Waals surface area contributed by atoms with Crippen LogP contribution in [0.2, 0.25) is 0 Å². The first kappa shape index (κ1) is 89.5. The smallest absolute Gasteiger partial charge is 0.235 e. The number of fused-ring (bicyclic) bond motifs is 44. The van der Waals surface area contributed by atoms with Crippen molar-refractivity contribution in [3.63, 3.8) is 0 Å². The molecule has 0 radical (unpaired) electrons. The lowest BCUT2D eigenvalue weighted by atomic mass is 9.94. The van der Waals surface area contributed by atoms with Crippen molar-refractivity contribution in [3.8, 4) is 156 Å². The lowest BCUT2D eigenvalue weighted by molar-refractivity contribution is 0.586. The Morgan fingerprint density at radius 1 is 0.169 bits per heavy atom. The minimum absolute atomic E-state index is 0.892. The van der Waals surface area contributed by atoms with Gasteiger partial charge in [-0.3, -0.25) is 56.9 Å². The zero-order chi connectivity index (χ0) is 99.4. The molecule has 0 N–H and O–H groups in total. The van der Waals surface area contributed by atoms with E-state index in [1.807, 2.05) is 232 Å². The van der Waals surface area contributed by atoms with Gasteiger partial charge in [-0.05, 0) is 291 Å².